The number of nitro groups is 1. The first-order valence-electron chi connectivity index (χ1n) is 6.14. The summed E-state index contributed by atoms with van der Waals surface area (Å²) in [6.45, 7) is 5.57. The number of anilines is 1. The molecule has 1 aromatic carbocycles. The smallest absolute Gasteiger partial charge is 0.273 e. The summed E-state index contributed by atoms with van der Waals surface area (Å²) in [4.78, 5) is 12.7. The van der Waals surface area contributed by atoms with E-state index in [4.69, 9.17) is 4.74 Å². The van der Waals surface area contributed by atoms with Crippen molar-refractivity contribution in [2.45, 2.75) is 25.2 Å². The molecule has 0 heterocycles. The van der Waals surface area contributed by atoms with Gasteiger partial charge in [0.2, 0.25) is 0 Å². The zero-order chi connectivity index (χ0) is 14.4. The number of nitro benzene ring substituents is 1. The summed E-state index contributed by atoms with van der Waals surface area (Å²) < 4.78 is 5.17. The molecule has 0 saturated carbocycles. The molecule has 0 fully saturated rings. The number of hydrogen-bond donors (Lipinski definition) is 0. The second-order valence-corrected chi connectivity index (χ2v) is 4.85. The van der Waals surface area contributed by atoms with Crippen molar-refractivity contribution in [3.8, 4) is 0 Å². The Balaban J connectivity index is 3.09. The van der Waals surface area contributed by atoms with E-state index in [9.17, 15) is 10.1 Å². The monoisotopic (exact) mass is 330 g/mol. The van der Waals surface area contributed by atoms with Crippen LogP contribution in [0.25, 0.3) is 0 Å². The molecule has 0 aromatic heterocycles. The zero-order valence-corrected chi connectivity index (χ0v) is 13.0. The summed E-state index contributed by atoms with van der Waals surface area (Å²) in [5.74, 6) is 0. The van der Waals surface area contributed by atoms with E-state index >= 15 is 0 Å². The van der Waals surface area contributed by atoms with E-state index < -0.39 is 0 Å². The summed E-state index contributed by atoms with van der Waals surface area (Å²) in [7, 11) is 1.67. The van der Waals surface area contributed by atoms with Gasteiger partial charge in [0.1, 0.15) is 0 Å². The second kappa shape index (κ2) is 7.45. The Bertz CT molecular complexity index is 440. The third-order valence-corrected chi connectivity index (χ3v) is 3.62. The molecule has 1 atom stereocenters. The minimum atomic E-state index is -0.352. The van der Waals surface area contributed by atoms with E-state index in [1.807, 2.05) is 6.07 Å². The number of benzene rings is 1. The van der Waals surface area contributed by atoms with Gasteiger partial charge in [-0.25, -0.2) is 0 Å². The quantitative estimate of drug-likeness (QED) is 0.437. The van der Waals surface area contributed by atoms with Gasteiger partial charge in [-0.15, -0.1) is 0 Å². The second-order valence-electron chi connectivity index (χ2n) is 4.29. The highest BCUT2D eigenvalue weighted by Gasteiger charge is 2.18. The number of nitrogens with zero attached hydrogens (tertiary/aromatic N) is 2. The van der Waals surface area contributed by atoms with Crippen molar-refractivity contribution < 1.29 is 9.66 Å². The molecule has 19 heavy (non-hydrogen) atoms. The Labute approximate surface area is 121 Å². The molecule has 0 aliphatic carbocycles. The first kappa shape index (κ1) is 15.9. The highest BCUT2D eigenvalue weighted by molar-refractivity contribution is 9.08. The normalized spacial score (nSPS) is 12.2. The van der Waals surface area contributed by atoms with E-state index in [2.05, 4.69) is 34.7 Å². The molecule has 0 aliphatic rings. The minimum Gasteiger partial charge on any atom is -0.383 e. The number of likely N-dealkylation sites (N-methyl/N-ethyl adjacent to an activating group) is 1. The van der Waals surface area contributed by atoms with Gasteiger partial charge in [0, 0.05) is 42.3 Å². The van der Waals surface area contributed by atoms with Crippen molar-refractivity contribution in [2.24, 2.45) is 0 Å². The third kappa shape index (κ3) is 3.91. The van der Waals surface area contributed by atoms with Crippen molar-refractivity contribution >= 4 is 27.3 Å². The van der Waals surface area contributed by atoms with E-state index in [1.165, 1.54) is 0 Å². The van der Waals surface area contributed by atoms with Crippen LogP contribution in [0.15, 0.2) is 18.2 Å². The Morgan fingerprint density at radius 1 is 1.53 bits per heavy atom. The molecule has 0 saturated heterocycles. The van der Waals surface area contributed by atoms with Crippen LogP contribution in [0.3, 0.4) is 0 Å². The summed E-state index contributed by atoms with van der Waals surface area (Å²) in [6, 6.07) is 5.44. The van der Waals surface area contributed by atoms with E-state index in [0.717, 1.165) is 12.2 Å². The maximum atomic E-state index is 10.9. The summed E-state index contributed by atoms with van der Waals surface area (Å²) in [5.41, 5.74) is 1.81. The number of rotatable bonds is 7. The van der Waals surface area contributed by atoms with Crippen LogP contribution in [0.5, 0.6) is 0 Å². The fourth-order valence-electron chi connectivity index (χ4n) is 2.12. The van der Waals surface area contributed by atoms with Crippen LogP contribution in [-0.2, 0) is 10.1 Å². The minimum absolute atomic E-state index is 0.149. The topological polar surface area (TPSA) is 55.6 Å². The van der Waals surface area contributed by atoms with Gasteiger partial charge in [-0.2, -0.15) is 0 Å². The summed E-state index contributed by atoms with van der Waals surface area (Å²) in [6.07, 6.45) is 0. The lowest BCUT2D eigenvalue weighted by Crippen LogP contribution is -2.36. The van der Waals surface area contributed by atoms with Gasteiger partial charge in [-0.3, -0.25) is 10.1 Å². The van der Waals surface area contributed by atoms with Gasteiger partial charge in [-0.05, 0) is 26.0 Å². The van der Waals surface area contributed by atoms with Crippen LogP contribution >= 0.6 is 15.9 Å². The van der Waals surface area contributed by atoms with Crippen molar-refractivity contribution in [3.05, 3.63) is 33.9 Å². The number of alkyl halides is 1. The fraction of sp³-hybridized carbons (Fsp3) is 0.538. The van der Waals surface area contributed by atoms with Gasteiger partial charge >= 0.3 is 0 Å². The Morgan fingerprint density at radius 2 is 2.21 bits per heavy atom. The molecule has 0 amide bonds. The molecule has 1 aromatic rings. The van der Waals surface area contributed by atoms with E-state index in [0.29, 0.717) is 17.5 Å². The summed E-state index contributed by atoms with van der Waals surface area (Å²) in [5, 5.41) is 11.4. The van der Waals surface area contributed by atoms with Crippen molar-refractivity contribution in [1.29, 1.82) is 0 Å². The van der Waals surface area contributed by atoms with Crippen LogP contribution in [0, 0.1) is 10.1 Å². The Morgan fingerprint density at radius 3 is 2.68 bits per heavy atom. The first-order valence-corrected chi connectivity index (χ1v) is 7.26. The standard InChI is InChI=1S/C13H19BrN2O3/c1-4-15(10(2)9-19-3)12-5-6-13(16(17)18)11(7-12)8-14/h5-7,10H,4,8-9H2,1-3H3. The van der Waals surface area contributed by atoms with Gasteiger partial charge in [0.05, 0.1) is 11.5 Å². The average molecular weight is 331 g/mol. The molecule has 0 aliphatic heterocycles. The molecule has 0 radical (unpaired) electrons. The maximum absolute atomic E-state index is 10.9. The number of halogens is 1. The SMILES string of the molecule is CCN(c1ccc([N+](=O)[O-])c(CBr)c1)C(C)COC. The molecule has 0 spiro atoms. The highest BCUT2D eigenvalue weighted by Crippen LogP contribution is 2.27. The molecule has 1 unspecified atom stereocenters. The van der Waals surface area contributed by atoms with Crippen molar-refractivity contribution in [2.75, 3.05) is 25.2 Å². The van der Waals surface area contributed by atoms with Gasteiger partial charge in [0.15, 0.2) is 0 Å². The van der Waals surface area contributed by atoms with Crippen LogP contribution in [0.4, 0.5) is 11.4 Å². The van der Waals surface area contributed by atoms with Crippen LogP contribution in [0.2, 0.25) is 0 Å². The third-order valence-electron chi connectivity index (χ3n) is 3.02. The predicted octanol–water partition coefficient (Wildman–Crippen LogP) is 3.35. The van der Waals surface area contributed by atoms with Crippen molar-refractivity contribution in [3.63, 3.8) is 0 Å². The summed E-state index contributed by atoms with van der Waals surface area (Å²) >= 11 is 3.30. The van der Waals surface area contributed by atoms with E-state index in [1.54, 1.807) is 19.2 Å². The number of hydrogen-bond acceptors (Lipinski definition) is 4. The predicted molar refractivity (Wildman–Crippen MR) is 80.1 cm³/mol. The van der Waals surface area contributed by atoms with Gasteiger partial charge in [-0.1, -0.05) is 15.9 Å². The number of ether oxygens (including phenoxy) is 1. The molecule has 5 nitrogen and oxygen atoms in total. The van der Waals surface area contributed by atoms with Gasteiger partial charge in [0.25, 0.3) is 5.69 Å². The molecule has 0 bridgehead atoms. The highest BCUT2D eigenvalue weighted by atomic mass is 79.9. The van der Waals surface area contributed by atoms with Crippen LogP contribution in [-0.4, -0.2) is 31.2 Å². The van der Waals surface area contributed by atoms with Crippen LogP contribution in [0.1, 0.15) is 19.4 Å². The van der Waals surface area contributed by atoms with Gasteiger partial charge < -0.3 is 9.64 Å². The van der Waals surface area contributed by atoms with Crippen molar-refractivity contribution in [1.82, 2.24) is 0 Å². The molecule has 0 N–H and O–H groups in total. The zero-order valence-electron chi connectivity index (χ0n) is 11.4. The lowest BCUT2D eigenvalue weighted by Gasteiger charge is -2.30. The molecular weight excluding hydrogens is 312 g/mol. The Kier molecular flexibility index (Phi) is 6.24. The molecular formula is C13H19BrN2O3. The fourth-order valence-corrected chi connectivity index (χ4v) is 2.56. The lowest BCUT2D eigenvalue weighted by atomic mass is 10.1. The average Bonchev–Trinajstić information content (AvgIpc) is 2.39. The Hall–Kier alpha value is -1.14. The lowest BCUT2D eigenvalue weighted by molar-refractivity contribution is -0.385. The molecule has 1 rings (SSSR count). The van der Waals surface area contributed by atoms with Crippen LogP contribution < -0.4 is 4.90 Å². The maximum Gasteiger partial charge on any atom is 0.273 e. The largest absolute Gasteiger partial charge is 0.383 e. The van der Waals surface area contributed by atoms with E-state index in [-0.39, 0.29) is 16.7 Å². The molecule has 6 heteroatoms. The number of methoxy groups -OCH3 is 1. The molecule has 106 valence electrons. The first-order chi connectivity index (χ1) is 9.04.